The molecule has 0 aliphatic rings. The lowest BCUT2D eigenvalue weighted by Gasteiger charge is -2.10. The number of benzene rings is 3. The number of hydrogen-bond acceptors (Lipinski definition) is 1. The minimum atomic E-state index is -4.40. The molecular formula is C21H14ClF3N2. The van der Waals surface area contributed by atoms with Crippen LogP contribution in [0.15, 0.2) is 72.8 Å². The van der Waals surface area contributed by atoms with Gasteiger partial charge in [0.2, 0.25) is 0 Å². The Hall–Kier alpha value is -2.79. The highest BCUT2D eigenvalue weighted by molar-refractivity contribution is 6.30. The van der Waals surface area contributed by atoms with Crippen molar-refractivity contribution in [2.45, 2.75) is 12.7 Å². The first-order valence-corrected chi connectivity index (χ1v) is 8.67. The molecule has 0 bridgehead atoms. The maximum absolute atomic E-state index is 13.1. The Labute approximate surface area is 158 Å². The van der Waals surface area contributed by atoms with E-state index in [1.54, 1.807) is 12.1 Å². The molecule has 1 aromatic heterocycles. The fraction of sp³-hybridized carbons (Fsp3) is 0.0952. The minimum absolute atomic E-state index is 0.311. The number of alkyl halides is 3. The van der Waals surface area contributed by atoms with E-state index >= 15 is 0 Å². The zero-order valence-electron chi connectivity index (χ0n) is 14.0. The van der Waals surface area contributed by atoms with Crippen LogP contribution in [0.5, 0.6) is 0 Å². The highest BCUT2D eigenvalue weighted by Crippen LogP contribution is 2.33. The van der Waals surface area contributed by atoms with E-state index in [1.807, 2.05) is 47.0 Å². The van der Waals surface area contributed by atoms with Gasteiger partial charge in [-0.3, -0.25) is 0 Å². The summed E-state index contributed by atoms with van der Waals surface area (Å²) in [4.78, 5) is 4.50. The zero-order valence-corrected chi connectivity index (χ0v) is 14.8. The topological polar surface area (TPSA) is 17.8 Å². The number of fused-ring (bicyclic) bond motifs is 1. The predicted molar refractivity (Wildman–Crippen MR) is 101 cm³/mol. The summed E-state index contributed by atoms with van der Waals surface area (Å²) in [7, 11) is 0. The fourth-order valence-electron chi connectivity index (χ4n) is 3.05. The molecule has 1 heterocycles. The molecule has 0 amide bonds. The third-order valence-corrected chi connectivity index (χ3v) is 4.61. The van der Waals surface area contributed by atoms with Crippen molar-refractivity contribution in [3.63, 3.8) is 0 Å². The van der Waals surface area contributed by atoms with Crippen molar-refractivity contribution in [1.82, 2.24) is 9.55 Å². The Morgan fingerprint density at radius 1 is 0.889 bits per heavy atom. The van der Waals surface area contributed by atoms with Crippen molar-refractivity contribution in [2.24, 2.45) is 0 Å². The second-order valence-corrected chi connectivity index (χ2v) is 6.65. The van der Waals surface area contributed by atoms with E-state index in [-0.39, 0.29) is 0 Å². The van der Waals surface area contributed by atoms with Crippen LogP contribution in [0, 0.1) is 0 Å². The van der Waals surface area contributed by atoms with Crippen LogP contribution in [0.3, 0.4) is 0 Å². The highest BCUT2D eigenvalue weighted by Gasteiger charge is 2.31. The van der Waals surface area contributed by atoms with Gasteiger partial charge in [0.15, 0.2) is 0 Å². The van der Waals surface area contributed by atoms with Crippen LogP contribution in [0.1, 0.15) is 11.1 Å². The molecule has 0 spiro atoms. The fourth-order valence-corrected chi connectivity index (χ4v) is 3.18. The molecule has 0 atom stereocenters. The van der Waals surface area contributed by atoms with Gasteiger partial charge in [-0.15, -0.1) is 0 Å². The third-order valence-electron chi connectivity index (χ3n) is 4.36. The molecule has 0 saturated heterocycles. The quantitative estimate of drug-likeness (QED) is 0.397. The van der Waals surface area contributed by atoms with Crippen LogP contribution in [0.2, 0.25) is 5.02 Å². The number of imidazole rings is 1. The smallest absolute Gasteiger partial charge is 0.319 e. The van der Waals surface area contributed by atoms with Crippen molar-refractivity contribution in [2.75, 3.05) is 0 Å². The van der Waals surface area contributed by atoms with E-state index in [2.05, 4.69) is 4.98 Å². The number of nitrogens with zero attached hydrogens (tertiary/aromatic N) is 2. The first-order valence-electron chi connectivity index (χ1n) is 8.29. The number of hydrogen-bond donors (Lipinski definition) is 0. The molecule has 4 rings (SSSR count). The van der Waals surface area contributed by atoms with Gasteiger partial charge in [0.1, 0.15) is 5.82 Å². The average Bonchev–Trinajstić information content (AvgIpc) is 3.00. The normalized spacial score (nSPS) is 11.9. The lowest BCUT2D eigenvalue weighted by molar-refractivity contribution is -0.137. The van der Waals surface area contributed by atoms with Crippen LogP contribution in [-0.2, 0) is 12.7 Å². The summed E-state index contributed by atoms with van der Waals surface area (Å²) in [6.07, 6.45) is -4.40. The number of aromatic nitrogens is 2. The van der Waals surface area contributed by atoms with Crippen LogP contribution < -0.4 is 0 Å². The Morgan fingerprint density at radius 3 is 2.26 bits per heavy atom. The van der Waals surface area contributed by atoms with Gasteiger partial charge in [-0.1, -0.05) is 41.9 Å². The largest absolute Gasteiger partial charge is 0.416 e. The lowest BCUT2D eigenvalue weighted by Crippen LogP contribution is -2.05. The molecule has 2 nitrogen and oxygen atoms in total. The van der Waals surface area contributed by atoms with E-state index in [9.17, 15) is 13.2 Å². The van der Waals surface area contributed by atoms with Gasteiger partial charge in [-0.2, -0.15) is 13.2 Å². The Kier molecular flexibility index (Phi) is 4.40. The maximum atomic E-state index is 13.1. The standard InChI is InChI=1S/C21H14ClF3N2/c22-17-9-6-15(7-10-17)20-26-18-12-16(21(23,24)25)8-11-19(18)27(20)13-14-4-2-1-3-5-14/h1-12H,13H2. The summed E-state index contributed by atoms with van der Waals surface area (Å²) >= 11 is 5.97. The van der Waals surface area contributed by atoms with E-state index in [4.69, 9.17) is 11.6 Å². The van der Waals surface area contributed by atoms with E-state index in [0.29, 0.717) is 28.4 Å². The summed E-state index contributed by atoms with van der Waals surface area (Å²) in [6, 6.07) is 20.5. The summed E-state index contributed by atoms with van der Waals surface area (Å²) in [5.74, 6) is 0.602. The molecule has 3 aromatic carbocycles. The third kappa shape index (κ3) is 3.55. The van der Waals surface area contributed by atoms with Crippen LogP contribution in [-0.4, -0.2) is 9.55 Å². The molecule has 0 unspecified atom stereocenters. The molecule has 0 N–H and O–H groups in total. The highest BCUT2D eigenvalue weighted by atomic mass is 35.5. The van der Waals surface area contributed by atoms with Crippen molar-refractivity contribution >= 4 is 22.6 Å². The van der Waals surface area contributed by atoms with Gasteiger partial charge < -0.3 is 4.57 Å². The molecule has 0 fully saturated rings. The zero-order chi connectivity index (χ0) is 19.0. The second-order valence-electron chi connectivity index (χ2n) is 6.22. The van der Waals surface area contributed by atoms with Crippen LogP contribution in [0.25, 0.3) is 22.4 Å². The number of halogens is 4. The first kappa shape index (κ1) is 17.6. The second kappa shape index (κ2) is 6.74. The van der Waals surface area contributed by atoms with Gasteiger partial charge in [0.05, 0.1) is 16.6 Å². The average molecular weight is 387 g/mol. The van der Waals surface area contributed by atoms with Crippen LogP contribution in [0.4, 0.5) is 13.2 Å². The molecule has 0 radical (unpaired) electrons. The summed E-state index contributed by atoms with van der Waals surface area (Å²) < 4.78 is 41.2. The molecule has 6 heteroatoms. The van der Waals surface area contributed by atoms with Crippen molar-refractivity contribution in [1.29, 1.82) is 0 Å². The van der Waals surface area contributed by atoms with Gasteiger partial charge in [0.25, 0.3) is 0 Å². The molecule has 0 aliphatic carbocycles. The first-order chi connectivity index (χ1) is 12.9. The molecule has 0 saturated carbocycles. The summed E-state index contributed by atoms with van der Waals surface area (Å²) in [5.41, 5.74) is 2.08. The molecule has 136 valence electrons. The summed E-state index contributed by atoms with van der Waals surface area (Å²) in [5, 5.41) is 0.587. The Balaban J connectivity index is 1.90. The number of rotatable bonds is 3. The van der Waals surface area contributed by atoms with Gasteiger partial charge in [0, 0.05) is 17.1 Å². The molecule has 27 heavy (non-hydrogen) atoms. The van der Waals surface area contributed by atoms with Crippen molar-refractivity contribution in [3.05, 3.63) is 88.9 Å². The van der Waals surface area contributed by atoms with Crippen molar-refractivity contribution in [3.8, 4) is 11.4 Å². The van der Waals surface area contributed by atoms with E-state index < -0.39 is 11.7 Å². The Morgan fingerprint density at radius 2 is 1.59 bits per heavy atom. The van der Waals surface area contributed by atoms with Gasteiger partial charge in [-0.05, 0) is 48.0 Å². The molecular weight excluding hydrogens is 373 g/mol. The van der Waals surface area contributed by atoms with Crippen molar-refractivity contribution < 1.29 is 13.2 Å². The monoisotopic (exact) mass is 386 g/mol. The Bertz CT molecular complexity index is 1080. The van der Waals surface area contributed by atoms with Crippen LogP contribution >= 0.6 is 11.6 Å². The molecule has 4 aromatic rings. The van der Waals surface area contributed by atoms with E-state index in [0.717, 1.165) is 23.3 Å². The maximum Gasteiger partial charge on any atom is 0.416 e. The SMILES string of the molecule is FC(F)(F)c1ccc2c(c1)nc(-c1ccc(Cl)cc1)n2Cc1ccccc1. The minimum Gasteiger partial charge on any atom is -0.319 e. The predicted octanol–water partition coefficient (Wildman–Crippen LogP) is 6.42. The lowest BCUT2D eigenvalue weighted by atomic mass is 10.1. The molecule has 0 aliphatic heterocycles. The van der Waals surface area contributed by atoms with Gasteiger partial charge in [-0.25, -0.2) is 4.98 Å². The van der Waals surface area contributed by atoms with E-state index in [1.165, 1.54) is 6.07 Å². The summed E-state index contributed by atoms with van der Waals surface area (Å²) in [6.45, 7) is 0.501. The van der Waals surface area contributed by atoms with Gasteiger partial charge >= 0.3 is 6.18 Å².